The number of nitrogens with one attached hydrogen (secondary N) is 3. The molecule has 0 amide bonds. The molecular weight excluding hydrogens is 597 g/mol. The van der Waals surface area contributed by atoms with E-state index in [1.165, 1.54) is 16.7 Å². The Labute approximate surface area is 289 Å². The standard InChI is InChI=1S/C45H40N4/c1-30-16-13-25-37(41(30)33-19-7-4-8-20-33)47-40-29-28-36(46)44(48-38-26-14-17-31(2)42(38)34-21-9-5-10-22-34)45(40)49-39-27-15-18-32(3)43(39)35-23-11-6-12-24-35/h4-29,47-49H,46H2,1-3H3. The molecule has 0 fully saturated rings. The highest BCUT2D eigenvalue weighted by Crippen LogP contribution is 2.46. The van der Waals surface area contributed by atoms with E-state index in [0.29, 0.717) is 5.69 Å². The monoisotopic (exact) mass is 636 g/mol. The van der Waals surface area contributed by atoms with Crippen LogP contribution in [0.2, 0.25) is 0 Å². The lowest BCUT2D eigenvalue weighted by molar-refractivity contribution is 1.41. The number of hydrogen-bond donors (Lipinski definition) is 4. The molecule has 0 aliphatic heterocycles. The molecule has 0 atom stereocenters. The predicted octanol–water partition coefficient (Wildman–Crippen LogP) is 12.4. The lowest BCUT2D eigenvalue weighted by Gasteiger charge is -2.25. The number of benzene rings is 7. The molecule has 0 aromatic heterocycles. The minimum Gasteiger partial charge on any atom is -0.397 e. The summed E-state index contributed by atoms with van der Waals surface area (Å²) in [5.41, 5.74) is 23.5. The van der Waals surface area contributed by atoms with Gasteiger partial charge in [-0.1, -0.05) is 127 Å². The largest absolute Gasteiger partial charge is 0.397 e. The molecule has 0 bridgehead atoms. The fourth-order valence-electron chi connectivity index (χ4n) is 6.68. The Morgan fingerprint density at radius 3 is 1.10 bits per heavy atom. The van der Waals surface area contributed by atoms with E-state index in [2.05, 4.69) is 182 Å². The zero-order valence-electron chi connectivity index (χ0n) is 28.1. The molecule has 0 unspecified atom stereocenters. The summed E-state index contributed by atoms with van der Waals surface area (Å²) >= 11 is 0. The first-order valence-electron chi connectivity index (χ1n) is 16.7. The van der Waals surface area contributed by atoms with Crippen LogP contribution in [0.15, 0.2) is 158 Å². The van der Waals surface area contributed by atoms with E-state index in [1.54, 1.807) is 0 Å². The Morgan fingerprint density at radius 1 is 0.327 bits per heavy atom. The van der Waals surface area contributed by atoms with E-state index in [4.69, 9.17) is 5.73 Å². The molecule has 0 aliphatic rings. The molecule has 4 nitrogen and oxygen atoms in total. The van der Waals surface area contributed by atoms with Crippen molar-refractivity contribution < 1.29 is 0 Å². The molecule has 7 aromatic carbocycles. The number of anilines is 7. The first-order valence-corrected chi connectivity index (χ1v) is 16.7. The Bertz CT molecular complexity index is 2230. The van der Waals surface area contributed by atoms with E-state index in [0.717, 1.165) is 67.5 Å². The van der Waals surface area contributed by atoms with Gasteiger partial charge in [-0.25, -0.2) is 0 Å². The second kappa shape index (κ2) is 13.8. The van der Waals surface area contributed by atoms with Crippen LogP contribution in [0.25, 0.3) is 33.4 Å². The number of hydrogen-bond acceptors (Lipinski definition) is 4. The van der Waals surface area contributed by atoms with Crippen molar-refractivity contribution in [3.63, 3.8) is 0 Å². The van der Waals surface area contributed by atoms with Crippen LogP contribution in [0.4, 0.5) is 39.8 Å². The number of rotatable bonds is 9. The van der Waals surface area contributed by atoms with Crippen molar-refractivity contribution in [2.45, 2.75) is 20.8 Å². The summed E-state index contributed by atoms with van der Waals surface area (Å²) < 4.78 is 0. The molecule has 49 heavy (non-hydrogen) atoms. The van der Waals surface area contributed by atoms with Crippen LogP contribution < -0.4 is 21.7 Å². The van der Waals surface area contributed by atoms with Gasteiger partial charge in [-0.05, 0) is 84.5 Å². The molecule has 0 saturated heterocycles. The van der Waals surface area contributed by atoms with Gasteiger partial charge in [0.25, 0.3) is 0 Å². The minimum absolute atomic E-state index is 0.634. The Morgan fingerprint density at radius 2 is 0.694 bits per heavy atom. The van der Waals surface area contributed by atoms with Gasteiger partial charge in [0.05, 0.1) is 22.7 Å². The maximum Gasteiger partial charge on any atom is 0.0884 e. The first-order chi connectivity index (χ1) is 24.0. The summed E-state index contributed by atoms with van der Waals surface area (Å²) in [5.74, 6) is 0. The van der Waals surface area contributed by atoms with E-state index in [1.807, 2.05) is 12.1 Å². The molecule has 0 heterocycles. The molecule has 7 aromatic rings. The summed E-state index contributed by atoms with van der Waals surface area (Å²) in [6, 6.07) is 54.7. The van der Waals surface area contributed by atoms with Gasteiger partial charge < -0.3 is 21.7 Å². The van der Waals surface area contributed by atoms with Gasteiger partial charge in [0.1, 0.15) is 0 Å². The number of nitrogens with two attached hydrogens (primary N) is 1. The summed E-state index contributed by atoms with van der Waals surface area (Å²) in [5, 5.41) is 11.5. The van der Waals surface area contributed by atoms with Crippen molar-refractivity contribution in [2.75, 3.05) is 21.7 Å². The molecule has 0 radical (unpaired) electrons. The van der Waals surface area contributed by atoms with Gasteiger partial charge >= 0.3 is 0 Å². The quantitative estimate of drug-likeness (QED) is 0.119. The summed E-state index contributed by atoms with van der Waals surface area (Å²) in [6.07, 6.45) is 0. The fraction of sp³-hybridized carbons (Fsp3) is 0.0667. The van der Waals surface area contributed by atoms with Crippen LogP contribution >= 0.6 is 0 Å². The molecule has 5 N–H and O–H groups in total. The van der Waals surface area contributed by atoms with E-state index in [-0.39, 0.29) is 0 Å². The maximum absolute atomic E-state index is 6.91. The SMILES string of the molecule is Cc1cccc(Nc2ccc(N)c(Nc3cccc(C)c3-c3ccccc3)c2Nc2cccc(C)c2-c2ccccc2)c1-c1ccccc1. The van der Waals surface area contributed by atoms with Crippen LogP contribution in [-0.2, 0) is 0 Å². The highest BCUT2D eigenvalue weighted by Gasteiger charge is 2.19. The molecular formula is C45H40N4. The predicted molar refractivity (Wildman–Crippen MR) is 211 cm³/mol. The van der Waals surface area contributed by atoms with Gasteiger partial charge in [0, 0.05) is 33.8 Å². The molecule has 0 saturated carbocycles. The van der Waals surface area contributed by atoms with Gasteiger partial charge in [0.15, 0.2) is 0 Å². The lowest BCUT2D eigenvalue weighted by atomic mass is 9.97. The molecule has 4 heteroatoms. The Kier molecular flexibility index (Phi) is 8.86. The van der Waals surface area contributed by atoms with Crippen molar-refractivity contribution >= 4 is 39.8 Å². The Balaban J connectivity index is 1.42. The molecule has 240 valence electrons. The van der Waals surface area contributed by atoms with Crippen molar-refractivity contribution in [2.24, 2.45) is 0 Å². The summed E-state index contributed by atoms with van der Waals surface area (Å²) in [6.45, 7) is 6.46. The normalized spacial score (nSPS) is 10.8. The van der Waals surface area contributed by atoms with E-state index in [9.17, 15) is 0 Å². The summed E-state index contributed by atoms with van der Waals surface area (Å²) in [4.78, 5) is 0. The number of nitrogen functional groups attached to an aromatic ring is 1. The van der Waals surface area contributed by atoms with Crippen LogP contribution in [0, 0.1) is 20.8 Å². The molecule has 7 rings (SSSR count). The van der Waals surface area contributed by atoms with Crippen molar-refractivity contribution in [1.29, 1.82) is 0 Å². The van der Waals surface area contributed by atoms with Crippen LogP contribution in [0.1, 0.15) is 16.7 Å². The second-order valence-corrected chi connectivity index (χ2v) is 12.4. The average molecular weight is 637 g/mol. The average Bonchev–Trinajstić information content (AvgIpc) is 3.12. The molecule has 0 aliphatic carbocycles. The Hall–Kier alpha value is -6.26. The first kappa shape index (κ1) is 31.3. The summed E-state index contributed by atoms with van der Waals surface area (Å²) in [7, 11) is 0. The third-order valence-electron chi connectivity index (χ3n) is 9.03. The third kappa shape index (κ3) is 6.50. The lowest BCUT2D eigenvalue weighted by Crippen LogP contribution is -2.07. The maximum atomic E-state index is 6.91. The highest BCUT2D eigenvalue weighted by atomic mass is 15.0. The van der Waals surface area contributed by atoms with E-state index < -0.39 is 0 Å². The highest BCUT2D eigenvalue weighted by molar-refractivity contribution is 6.00. The van der Waals surface area contributed by atoms with Gasteiger partial charge in [0.2, 0.25) is 0 Å². The fourth-order valence-corrected chi connectivity index (χ4v) is 6.68. The van der Waals surface area contributed by atoms with Gasteiger partial charge in [-0.2, -0.15) is 0 Å². The topological polar surface area (TPSA) is 62.1 Å². The van der Waals surface area contributed by atoms with Crippen LogP contribution in [0.3, 0.4) is 0 Å². The van der Waals surface area contributed by atoms with Crippen molar-refractivity contribution in [1.82, 2.24) is 0 Å². The second-order valence-electron chi connectivity index (χ2n) is 12.4. The van der Waals surface area contributed by atoms with Crippen LogP contribution in [0.5, 0.6) is 0 Å². The zero-order valence-corrected chi connectivity index (χ0v) is 28.1. The third-order valence-corrected chi connectivity index (χ3v) is 9.03. The van der Waals surface area contributed by atoms with Gasteiger partial charge in [-0.15, -0.1) is 0 Å². The van der Waals surface area contributed by atoms with Gasteiger partial charge in [-0.3, -0.25) is 0 Å². The van der Waals surface area contributed by atoms with Crippen molar-refractivity contribution in [3.8, 4) is 33.4 Å². The van der Waals surface area contributed by atoms with Crippen molar-refractivity contribution in [3.05, 3.63) is 174 Å². The zero-order chi connectivity index (χ0) is 33.7. The smallest absolute Gasteiger partial charge is 0.0884 e. The number of aryl methyl sites for hydroxylation is 3. The van der Waals surface area contributed by atoms with E-state index >= 15 is 0 Å². The molecule has 0 spiro atoms. The minimum atomic E-state index is 0.634. The van der Waals surface area contributed by atoms with Crippen LogP contribution in [-0.4, -0.2) is 0 Å².